The standard InChI is InChI=1S/C13H19ClN4O/c1-3-10-12-13(17(2)16-10)18(11(7-14)15-12)9-5-4-6-19-8-9/h9H,3-8H2,1-2H3. The number of alkyl halides is 1. The molecule has 104 valence electrons. The lowest BCUT2D eigenvalue weighted by Gasteiger charge is -2.25. The number of aromatic nitrogens is 4. The maximum Gasteiger partial charge on any atom is 0.159 e. The van der Waals surface area contributed by atoms with Crippen LogP contribution in [0.25, 0.3) is 11.2 Å². The van der Waals surface area contributed by atoms with Crippen LogP contribution in [-0.2, 0) is 24.1 Å². The predicted molar refractivity (Wildman–Crippen MR) is 74.5 cm³/mol. The summed E-state index contributed by atoms with van der Waals surface area (Å²) in [6.45, 7) is 3.70. The fourth-order valence-corrected chi connectivity index (χ4v) is 3.08. The summed E-state index contributed by atoms with van der Waals surface area (Å²) in [5, 5.41) is 4.55. The number of ether oxygens (including phenoxy) is 1. The molecule has 1 aliphatic rings. The molecule has 5 nitrogen and oxygen atoms in total. The van der Waals surface area contributed by atoms with Crippen LogP contribution in [-0.4, -0.2) is 32.5 Å². The quantitative estimate of drug-likeness (QED) is 0.812. The Morgan fingerprint density at radius 2 is 2.32 bits per heavy atom. The summed E-state index contributed by atoms with van der Waals surface area (Å²) in [5.41, 5.74) is 3.11. The van der Waals surface area contributed by atoms with E-state index >= 15 is 0 Å². The summed E-state index contributed by atoms with van der Waals surface area (Å²) in [7, 11) is 1.97. The first-order valence-corrected chi connectivity index (χ1v) is 7.36. The normalized spacial score (nSPS) is 20.3. The molecular formula is C13H19ClN4O. The van der Waals surface area contributed by atoms with Gasteiger partial charge in [-0.25, -0.2) is 4.98 Å². The highest BCUT2D eigenvalue weighted by atomic mass is 35.5. The summed E-state index contributed by atoms with van der Waals surface area (Å²) < 4.78 is 9.76. The van der Waals surface area contributed by atoms with Gasteiger partial charge in [-0.05, 0) is 19.3 Å². The zero-order chi connectivity index (χ0) is 13.4. The summed E-state index contributed by atoms with van der Waals surface area (Å²) >= 11 is 6.07. The summed E-state index contributed by atoms with van der Waals surface area (Å²) in [6, 6.07) is 0.326. The van der Waals surface area contributed by atoms with Crippen LogP contribution < -0.4 is 0 Å². The van der Waals surface area contributed by atoms with E-state index in [9.17, 15) is 0 Å². The van der Waals surface area contributed by atoms with Crippen molar-refractivity contribution in [2.24, 2.45) is 7.05 Å². The van der Waals surface area contributed by atoms with E-state index in [4.69, 9.17) is 21.3 Å². The van der Waals surface area contributed by atoms with Gasteiger partial charge in [0.25, 0.3) is 0 Å². The number of hydrogen-bond acceptors (Lipinski definition) is 3. The summed E-state index contributed by atoms with van der Waals surface area (Å²) in [5.74, 6) is 1.35. The van der Waals surface area contributed by atoms with Gasteiger partial charge in [-0.3, -0.25) is 4.68 Å². The molecule has 0 radical (unpaired) electrons. The minimum Gasteiger partial charge on any atom is -0.379 e. The van der Waals surface area contributed by atoms with Crippen molar-refractivity contribution < 1.29 is 4.74 Å². The highest BCUT2D eigenvalue weighted by Gasteiger charge is 2.25. The Morgan fingerprint density at radius 3 is 2.95 bits per heavy atom. The van der Waals surface area contributed by atoms with Gasteiger partial charge in [0.15, 0.2) is 5.65 Å². The Morgan fingerprint density at radius 1 is 1.47 bits per heavy atom. The third kappa shape index (κ3) is 2.05. The van der Waals surface area contributed by atoms with Crippen molar-refractivity contribution in [3.05, 3.63) is 11.5 Å². The highest BCUT2D eigenvalue weighted by Crippen LogP contribution is 2.29. The Bertz CT molecular complexity index is 583. The second kappa shape index (κ2) is 5.13. The first-order chi connectivity index (χ1) is 9.26. The lowest BCUT2D eigenvalue weighted by atomic mass is 10.1. The second-order valence-corrected chi connectivity index (χ2v) is 5.27. The highest BCUT2D eigenvalue weighted by molar-refractivity contribution is 6.16. The van der Waals surface area contributed by atoms with Crippen LogP contribution in [0.2, 0.25) is 0 Å². The first-order valence-electron chi connectivity index (χ1n) is 6.82. The van der Waals surface area contributed by atoms with Crippen LogP contribution in [0.15, 0.2) is 0 Å². The third-order valence-corrected chi connectivity index (χ3v) is 4.00. The average Bonchev–Trinajstić information content (AvgIpc) is 2.97. The number of halogens is 1. The van der Waals surface area contributed by atoms with E-state index in [1.165, 1.54) is 0 Å². The fraction of sp³-hybridized carbons (Fsp3) is 0.692. The van der Waals surface area contributed by atoms with E-state index in [1.807, 2.05) is 11.7 Å². The minimum absolute atomic E-state index is 0.326. The number of aryl methyl sites for hydroxylation is 2. The van der Waals surface area contributed by atoms with Gasteiger partial charge in [0.2, 0.25) is 0 Å². The maximum absolute atomic E-state index is 6.07. The van der Waals surface area contributed by atoms with Crippen molar-refractivity contribution in [1.82, 2.24) is 19.3 Å². The van der Waals surface area contributed by atoms with E-state index in [-0.39, 0.29) is 0 Å². The molecule has 2 aromatic heterocycles. The molecule has 0 aromatic carbocycles. The van der Waals surface area contributed by atoms with Crippen LogP contribution in [0.4, 0.5) is 0 Å². The lowest BCUT2D eigenvalue weighted by Crippen LogP contribution is -2.23. The lowest BCUT2D eigenvalue weighted by molar-refractivity contribution is 0.0594. The van der Waals surface area contributed by atoms with Crippen LogP contribution >= 0.6 is 11.6 Å². The molecule has 0 aliphatic carbocycles. The van der Waals surface area contributed by atoms with Gasteiger partial charge in [0.05, 0.1) is 24.2 Å². The second-order valence-electron chi connectivity index (χ2n) is 5.00. The molecule has 0 saturated carbocycles. The van der Waals surface area contributed by atoms with E-state index in [1.54, 1.807) is 0 Å². The number of imidazole rings is 1. The minimum atomic E-state index is 0.326. The molecule has 19 heavy (non-hydrogen) atoms. The summed E-state index contributed by atoms with van der Waals surface area (Å²) in [6.07, 6.45) is 3.09. The molecule has 1 aliphatic heterocycles. The third-order valence-electron chi connectivity index (χ3n) is 3.77. The summed E-state index contributed by atoms with van der Waals surface area (Å²) in [4.78, 5) is 4.69. The van der Waals surface area contributed by atoms with E-state index in [0.717, 1.165) is 55.2 Å². The zero-order valence-electron chi connectivity index (χ0n) is 11.4. The molecule has 1 unspecified atom stereocenters. The van der Waals surface area contributed by atoms with Crippen molar-refractivity contribution in [1.29, 1.82) is 0 Å². The molecule has 1 fully saturated rings. The van der Waals surface area contributed by atoms with Gasteiger partial charge in [-0.1, -0.05) is 6.92 Å². The van der Waals surface area contributed by atoms with Crippen molar-refractivity contribution in [2.45, 2.75) is 38.1 Å². The molecule has 3 rings (SSSR count). The van der Waals surface area contributed by atoms with Gasteiger partial charge in [-0.2, -0.15) is 5.10 Å². The van der Waals surface area contributed by atoms with Crippen molar-refractivity contribution >= 4 is 22.8 Å². The van der Waals surface area contributed by atoms with E-state index in [2.05, 4.69) is 16.6 Å². The van der Waals surface area contributed by atoms with Gasteiger partial charge >= 0.3 is 0 Å². The molecule has 2 aromatic rings. The fourth-order valence-electron chi connectivity index (χ4n) is 2.89. The van der Waals surface area contributed by atoms with Crippen LogP contribution in [0.3, 0.4) is 0 Å². The predicted octanol–water partition coefficient (Wildman–Crippen LogP) is 2.42. The Balaban J connectivity index is 2.17. The van der Waals surface area contributed by atoms with Crippen LogP contribution in [0.5, 0.6) is 0 Å². The topological polar surface area (TPSA) is 44.9 Å². The molecule has 0 N–H and O–H groups in total. The molecule has 6 heteroatoms. The zero-order valence-corrected chi connectivity index (χ0v) is 12.2. The SMILES string of the molecule is CCc1nn(C)c2c1nc(CCl)n2C1CCCOC1. The van der Waals surface area contributed by atoms with Crippen molar-refractivity contribution in [2.75, 3.05) is 13.2 Å². The Labute approximate surface area is 117 Å². The largest absolute Gasteiger partial charge is 0.379 e. The molecule has 3 heterocycles. The van der Waals surface area contributed by atoms with E-state index in [0.29, 0.717) is 11.9 Å². The molecule has 0 spiro atoms. The van der Waals surface area contributed by atoms with Gasteiger partial charge in [0.1, 0.15) is 11.3 Å². The Kier molecular flexibility index (Phi) is 3.50. The van der Waals surface area contributed by atoms with E-state index < -0.39 is 0 Å². The monoisotopic (exact) mass is 282 g/mol. The number of hydrogen-bond donors (Lipinski definition) is 0. The van der Waals surface area contributed by atoms with Crippen molar-refractivity contribution in [3.8, 4) is 0 Å². The van der Waals surface area contributed by atoms with Gasteiger partial charge in [0, 0.05) is 13.7 Å². The number of fused-ring (bicyclic) bond motifs is 1. The molecule has 1 saturated heterocycles. The first kappa shape index (κ1) is 12.9. The van der Waals surface area contributed by atoms with Gasteiger partial charge in [-0.15, -0.1) is 11.6 Å². The number of nitrogens with zero attached hydrogens (tertiary/aromatic N) is 4. The van der Waals surface area contributed by atoms with Crippen LogP contribution in [0.1, 0.15) is 37.3 Å². The molecule has 1 atom stereocenters. The average molecular weight is 283 g/mol. The van der Waals surface area contributed by atoms with Gasteiger partial charge < -0.3 is 9.30 Å². The molecule has 0 amide bonds. The number of rotatable bonds is 3. The molecule has 0 bridgehead atoms. The van der Waals surface area contributed by atoms with Crippen molar-refractivity contribution in [3.63, 3.8) is 0 Å². The Hall–Kier alpha value is -1.07. The smallest absolute Gasteiger partial charge is 0.159 e. The maximum atomic E-state index is 6.07. The van der Waals surface area contributed by atoms with Crippen LogP contribution in [0, 0.1) is 0 Å². The molecular weight excluding hydrogens is 264 g/mol.